The molecule has 1 heterocycles. The van der Waals surface area contributed by atoms with Gasteiger partial charge in [0.1, 0.15) is 0 Å². The van der Waals surface area contributed by atoms with Crippen molar-refractivity contribution in [3.63, 3.8) is 0 Å². The first kappa shape index (κ1) is 25.0. The van der Waals surface area contributed by atoms with E-state index in [-0.39, 0.29) is 17.4 Å². The van der Waals surface area contributed by atoms with Crippen molar-refractivity contribution >= 4 is 17.6 Å². The van der Waals surface area contributed by atoms with Gasteiger partial charge in [0.2, 0.25) is 5.91 Å². The number of amides is 1. The van der Waals surface area contributed by atoms with Gasteiger partial charge in [-0.3, -0.25) is 9.69 Å². The SMILES string of the molecule is Cc1cc(C)cc(CN2CCCCCCCN(C(=O)C(C)C)c3ccc(C(=O)O)cc3C2)c1. The zero-order valence-electron chi connectivity index (χ0n) is 20.6. The molecule has 1 aliphatic heterocycles. The molecule has 0 spiro atoms. The van der Waals surface area contributed by atoms with Gasteiger partial charge in [0.05, 0.1) is 5.56 Å². The van der Waals surface area contributed by atoms with Gasteiger partial charge in [-0.2, -0.15) is 0 Å². The number of carboxylic acids is 1. The predicted molar refractivity (Wildman–Crippen MR) is 134 cm³/mol. The maximum Gasteiger partial charge on any atom is 0.335 e. The molecular formula is C28H38N2O3. The summed E-state index contributed by atoms with van der Waals surface area (Å²) < 4.78 is 0. The summed E-state index contributed by atoms with van der Waals surface area (Å²) in [5, 5.41) is 9.63. The fraction of sp³-hybridized carbons (Fsp3) is 0.500. The smallest absolute Gasteiger partial charge is 0.335 e. The van der Waals surface area contributed by atoms with E-state index in [1.165, 1.54) is 29.5 Å². The molecular weight excluding hydrogens is 412 g/mol. The average molecular weight is 451 g/mol. The Labute approximate surface area is 198 Å². The third-order valence-electron chi connectivity index (χ3n) is 6.31. The minimum absolute atomic E-state index is 0.0947. The molecule has 0 aromatic heterocycles. The molecule has 178 valence electrons. The number of carbonyl (C=O) groups excluding carboxylic acids is 1. The Morgan fingerprint density at radius 2 is 1.55 bits per heavy atom. The van der Waals surface area contributed by atoms with E-state index in [4.69, 9.17) is 0 Å². The average Bonchev–Trinajstić information content (AvgIpc) is 2.73. The van der Waals surface area contributed by atoms with E-state index < -0.39 is 5.97 Å². The molecule has 5 heteroatoms. The Balaban J connectivity index is 2.02. The quantitative estimate of drug-likeness (QED) is 0.625. The zero-order chi connectivity index (χ0) is 24.0. The Hall–Kier alpha value is -2.66. The molecule has 2 aromatic carbocycles. The van der Waals surface area contributed by atoms with E-state index in [0.29, 0.717) is 13.1 Å². The Kier molecular flexibility index (Phi) is 8.67. The molecule has 0 radical (unpaired) electrons. The lowest BCUT2D eigenvalue weighted by Crippen LogP contribution is -2.37. The van der Waals surface area contributed by atoms with Gasteiger partial charge in [-0.15, -0.1) is 0 Å². The van der Waals surface area contributed by atoms with E-state index in [9.17, 15) is 14.7 Å². The number of aromatic carboxylic acids is 1. The fourth-order valence-electron chi connectivity index (χ4n) is 4.78. The molecule has 0 fully saturated rings. The summed E-state index contributed by atoms with van der Waals surface area (Å²) in [5.41, 5.74) is 5.80. The van der Waals surface area contributed by atoms with Crippen molar-refractivity contribution < 1.29 is 14.7 Å². The highest BCUT2D eigenvalue weighted by Crippen LogP contribution is 2.28. The lowest BCUT2D eigenvalue weighted by Gasteiger charge is -2.30. The Morgan fingerprint density at radius 3 is 2.18 bits per heavy atom. The topological polar surface area (TPSA) is 60.9 Å². The van der Waals surface area contributed by atoms with E-state index in [1.807, 2.05) is 24.8 Å². The number of rotatable bonds is 4. The number of carboxylic acid groups (broad SMARTS) is 1. The number of carbonyl (C=O) groups is 2. The van der Waals surface area contributed by atoms with Crippen LogP contribution in [0.1, 0.15) is 78.6 Å². The minimum atomic E-state index is -0.938. The molecule has 5 nitrogen and oxygen atoms in total. The van der Waals surface area contributed by atoms with E-state index in [1.54, 1.807) is 12.1 Å². The van der Waals surface area contributed by atoms with E-state index >= 15 is 0 Å². The van der Waals surface area contributed by atoms with Crippen LogP contribution in [0, 0.1) is 19.8 Å². The first-order chi connectivity index (χ1) is 15.7. The lowest BCUT2D eigenvalue weighted by molar-refractivity contribution is -0.121. The molecule has 1 N–H and O–H groups in total. The van der Waals surface area contributed by atoms with Crippen LogP contribution >= 0.6 is 0 Å². The van der Waals surface area contributed by atoms with E-state index in [2.05, 4.69) is 36.9 Å². The summed E-state index contributed by atoms with van der Waals surface area (Å²) >= 11 is 0. The number of aryl methyl sites for hydroxylation is 2. The first-order valence-electron chi connectivity index (χ1n) is 12.2. The van der Waals surface area contributed by atoms with Crippen molar-refractivity contribution in [2.75, 3.05) is 18.0 Å². The van der Waals surface area contributed by atoms with Crippen molar-refractivity contribution in [3.05, 3.63) is 64.2 Å². The second-order valence-corrected chi connectivity index (χ2v) is 9.77. The van der Waals surface area contributed by atoms with Gasteiger partial charge in [0.15, 0.2) is 0 Å². The molecule has 0 bridgehead atoms. The molecule has 1 amide bonds. The van der Waals surface area contributed by atoms with Crippen LogP contribution in [-0.2, 0) is 17.9 Å². The minimum Gasteiger partial charge on any atom is -0.478 e. The largest absolute Gasteiger partial charge is 0.478 e. The maximum atomic E-state index is 13.1. The molecule has 0 atom stereocenters. The Bertz CT molecular complexity index is 963. The molecule has 0 unspecified atom stereocenters. The first-order valence-corrected chi connectivity index (χ1v) is 12.2. The highest BCUT2D eigenvalue weighted by molar-refractivity contribution is 5.96. The predicted octanol–water partition coefficient (Wildman–Crippen LogP) is 5.96. The van der Waals surface area contributed by atoms with Gasteiger partial charge in [0, 0.05) is 31.2 Å². The second-order valence-electron chi connectivity index (χ2n) is 9.77. The molecule has 0 saturated heterocycles. The van der Waals surface area contributed by atoms with Crippen molar-refractivity contribution in [2.24, 2.45) is 5.92 Å². The van der Waals surface area contributed by atoms with Crippen molar-refractivity contribution in [2.45, 2.75) is 72.9 Å². The summed E-state index contributed by atoms with van der Waals surface area (Å²) in [5.74, 6) is -0.958. The summed E-state index contributed by atoms with van der Waals surface area (Å²) in [6.07, 6.45) is 5.52. The molecule has 3 rings (SSSR count). The highest BCUT2D eigenvalue weighted by atomic mass is 16.4. The third kappa shape index (κ3) is 6.91. The van der Waals surface area contributed by atoms with Crippen molar-refractivity contribution in [1.29, 1.82) is 0 Å². The van der Waals surface area contributed by atoms with Gasteiger partial charge in [-0.25, -0.2) is 4.79 Å². The van der Waals surface area contributed by atoms with Crippen LogP contribution < -0.4 is 4.90 Å². The molecule has 1 aliphatic rings. The summed E-state index contributed by atoms with van der Waals surface area (Å²) in [4.78, 5) is 29.2. The second kappa shape index (κ2) is 11.5. The number of nitrogens with zero attached hydrogens (tertiary/aromatic N) is 2. The normalized spacial score (nSPS) is 16.1. The van der Waals surface area contributed by atoms with Crippen LogP contribution in [0.25, 0.3) is 0 Å². The summed E-state index contributed by atoms with van der Waals surface area (Å²) in [6, 6.07) is 11.9. The number of fused-ring (bicyclic) bond motifs is 1. The zero-order valence-corrected chi connectivity index (χ0v) is 20.6. The van der Waals surface area contributed by atoms with Gasteiger partial charge in [0.25, 0.3) is 0 Å². The summed E-state index contributed by atoms with van der Waals surface area (Å²) in [7, 11) is 0. The van der Waals surface area contributed by atoms with Crippen LogP contribution in [0.4, 0.5) is 5.69 Å². The molecule has 33 heavy (non-hydrogen) atoms. The van der Waals surface area contributed by atoms with Crippen LogP contribution in [0.5, 0.6) is 0 Å². The maximum absolute atomic E-state index is 13.1. The number of benzene rings is 2. The van der Waals surface area contributed by atoms with Gasteiger partial charge in [-0.1, -0.05) is 62.4 Å². The van der Waals surface area contributed by atoms with Crippen LogP contribution in [0.3, 0.4) is 0 Å². The highest BCUT2D eigenvalue weighted by Gasteiger charge is 2.23. The lowest BCUT2D eigenvalue weighted by atomic mass is 10.0. The van der Waals surface area contributed by atoms with Crippen LogP contribution in [0.2, 0.25) is 0 Å². The van der Waals surface area contributed by atoms with Crippen molar-refractivity contribution in [3.8, 4) is 0 Å². The number of hydrogen-bond acceptors (Lipinski definition) is 3. The van der Waals surface area contributed by atoms with Gasteiger partial charge in [-0.05, 0) is 62.6 Å². The third-order valence-corrected chi connectivity index (χ3v) is 6.31. The Morgan fingerprint density at radius 1 is 0.909 bits per heavy atom. The van der Waals surface area contributed by atoms with Crippen LogP contribution in [-0.4, -0.2) is 35.0 Å². The number of anilines is 1. The monoisotopic (exact) mass is 450 g/mol. The summed E-state index contributed by atoms with van der Waals surface area (Å²) in [6.45, 7) is 11.1. The van der Waals surface area contributed by atoms with E-state index in [0.717, 1.165) is 43.6 Å². The standard InChI is InChI=1S/C28H38N2O3/c1-20(2)27(31)30-13-9-7-5-6-8-12-29(18-23-15-21(3)14-22(4)16-23)19-25-17-24(28(32)33)10-11-26(25)30/h10-11,14-17,20H,5-9,12-13,18-19H2,1-4H3,(H,32,33). The molecule has 2 aromatic rings. The molecule has 0 saturated carbocycles. The molecule has 0 aliphatic carbocycles. The number of hydrogen-bond donors (Lipinski definition) is 1. The fourth-order valence-corrected chi connectivity index (χ4v) is 4.78. The van der Waals surface area contributed by atoms with Crippen LogP contribution in [0.15, 0.2) is 36.4 Å². The van der Waals surface area contributed by atoms with Gasteiger partial charge >= 0.3 is 5.97 Å². The van der Waals surface area contributed by atoms with Gasteiger partial charge < -0.3 is 10.0 Å². The van der Waals surface area contributed by atoms with Crippen molar-refractivity contribution in [1.82, 2.24) is 4.90 Å².